The molecule has 0 aromatic heterocycles. The molecular weight excluding hydrogens is 446 g/mol. The Kier molecular flexibility index (Phi) is 7.65. The molecule has 9 nitrogen and oxygen atoms in total. The topological polar surface area (TPSA) is 123 Å². The van der Waals surface area contributed by atoms with Crippen molar-refractivity contribution in [2.24, 2.45) is 0 Å². The van der Waals surface area contributed by atoms with Gasteiger partial charge in [-0.25, -0.2) is 8.42 Å². The van der Waals surface area contributed by atoms with E-state index in [0.717, 1.165) is 0 Å². The quantitative estimate of drug-likeness (QED) is 0.442. The lowest BCUT2D eigenvalue weighted by atomic mass is 10.2. The lowest BCUT2D eigenvalue weighted by Crippen LogP contribution is -2.17. The van der Waals surface area contributed by atoms with Crippen molar-refractivity contribution < 1.29 is 27.5 Å². The van der Waals surface area contributed by atoms with Crippen molar-refractivity contribution in [1.29, 1.82) is 0 Å². The summed E-state index contributed by atoms with van der Waals surface area (Å²) >= 11 is 0. The maximum atomic E-state index is 12.7. The molecule has 0 aliphatic carbocycles. The number of ether oxygens (including phenoxy) is 2. The van der Waals surface area contributed by atoms with Crippen LogP contribution in [-0.2, 0) is 19.6 Å². The van der Waals surface area contributed by atoms with Crippen LogP contribution in [0.3, 0.4) is 0 Å². The predicted octanol–water partition coefficient (Wildman–Crippen LogP) is 3.33. The number of anilines is 3. The van der Waals surface area contributed by atoms with E-state index in [0.29, 0.717) is 22.8 Å². The van der Waals surface area contributed by atoms with Crippen molar-refractivity contribution in [2.45, 2.75) is 4.90 Å². The smallest absolute Gasteiger partial charge is 0.262 e. The highest BCUT2D eigenvalue weighted by Crippen LogP contribution is 2.26. The van der Waals surface area contributed by atoms with Crippen molar-refractivity contribution in [2.75, 3.05) is 36.2 Å². The molecule has 0 atom stereocenters. The Labute approximate surface area is 191 Å². The van der Waals surface area contributed by atoms with Gasteiger partial charge < -0.3 is 20.1 Å². The van der Waals surface area contributed by atoms with Crippen molar-refractivity contribution in [3.05, 3.63) is 78.4 Å². The van der Waals surface area contributed by atoms with Crippen LogP contribution in [0, 0.1) is 0 Å². The summed E-state index contributed by atoms with van der Waals surface area (Å²) in [5, 5.41) is 5.36. The third-order valence-corrected chi connectivity index (χ3v) is 5.84. The first-order chi connectivity index (χ1) is 15.8. The average molecular weight is 470 g/mol. The van der Waals surface area contributed by atoms with Crippen LogP contribution in [-0.4, -0.2) is 41.1 Å². The third-order valence-electron chi connectivity index (χ3n) is 4.46. The zero-order valence-electron chi connectivity index (χ0n) is 18.0. The van der Waals surface area contributed by atoms with Crippen LogP contribution in [0.4, 0.5) is 17.1 Å². The van der Waals surface area contributed by atoms with E-state index < -0.39 is 15.9 Å². The summed E-state index contributed by atoms with van der Waals surface area (Å²) in [6.45, 7) is -0.0856. The molecule has 172 valence electrons. The van der Waals surface area contributed by atoms with Gasteiger partial charge in [-0.05, 0) is 54.6 Å². The Morgan fingerprint density at radius 2 is 1.52 bits per heavy atom. The number of benzene rings is 3. The molecule has 2 amide bonds. The van der Waals surface area contributed by atoms with E-state index in [1.54, 1.807) is 48.5 Å². The van der Waals surface area contributed by atoms with Gasteiger partial charge in [-0.2, -0.15) is 0 Å². The maximum absolute atomic E-state index is 12.7. The Hall–Kier alpha value is -3.89. The lowest BCUT2D eigenvalue weighted by Gasteiger charge is -2.12. The molecule has 3 aromatic rings. The van der Waals surface area contributed by atoms with Crippen molar-refractivity contribution >= 4 is 38.9 Å². The second kappa shape index (κ2) is 10.6. The predicted molar refractivity (Wildman–Crippen MR) is 125 cm³/mol. The molecule has 0 saturated heterocycles. The summed E-state index contributed by atoms with van der Waals surface area (Å²) in [5.41, 5.74) is 1.53. The Balaban J connectivity index is 1.70. The van der Waals surface area contributed by atoms with Crippen LogP contribution in [0.2, 0.25) is 0 Å². The standard InChI is InChI=1S/C23H23N3O6S/c1-31-15-22(27)24-17-6-5-7-18(14-17)25-23(28)16-10-12-19(13-11-16)33(29,30)26-20-8-3-4-9-21(20)32-2/h3-14,26H,15H2,1-2H3,(H,24,27)(H,25,28). The van der Waals surface area contributed by atoms with Crippen LogP contribution >= 0.6 is 0 Å². The molecular formula is C23H23N3O6S. The van der Waals surface area contributed by atoms with Gasteiger partial charge in [0.05, 0.1) is 17.7 Å². The van der Waals surface area contributed by atoms with Gasteiger partial charge in [0.25, 0.3) is 15.9 Å². The average Bonchev–Trinajstić information content (AvgIpc) is 2.79. The van der Waals surface area contributed by atoms with E-state index in [9.17, 15) is 18.0 Å². The molecule has 33 heavy (non-hydrogen) atoms. The molecule has 0 heterocycles. The molecule has 0 radical (unpaired) electrons. The fraction of sp³-hybridized carbons (Fsp3) is 0.130. The summed E-state index contributed by atoms with van der Waals surface area (Å²) in [4.78, 5) is 24.2. The molecule has 0 unspecified atom stereocenters. The minimum atomic E-state index is -3.88. The van der Waals surface area contributed by atoms with E-state index >= 15 is 0 Å². The van der Waals surface area contributed by atoms with Gasteiger partial charge in [-0.1, -0.05) is 18.2 Å². The zero-order valence-corrected chi connectivity index (χ0v) is 18.8. The van der Waals surface area contributed by atoms with E-state index in [-0.39, 0.29) is 23.0 Å². The summed E-state index contributed by atoms with van der Waals surface area (Å²) in [5.74, 6) is -0.366. The van der Waals surface area contributed by atoms with Gasteiger partial charge in [0.1, 0.15) is 12.4 Å². The third kappa shape index (κ3) is 6.31. The van der Waals surface area contributed by atoms with Crippen LogP contribution < -0.4 is 20.1 Å². The molecule has 0 fully saturated rings. The molecule has 3 N–H and O–H groups in total. The summed E-state index contributed by atoms with van der Waals surface area (Å²) < 4.78 is 37.8. The first-order valence-electron chi connectivity index (χ1n) is 9.78. The van der Waals surface area contributed by atoms with Gasteiger partial charge in [0.2, 0.25) is 5.91 Å². The highest BCUT2D eigenvalue weighted by atomic mass is 32.2. The zero-order chi connectivity index (χ0) is 23.8. The van der Waals surface area contributed by atoms with Crippen molar-refractivity contribution in [3.63, 3.8) is 0 Å². The molecule has 0 aliphatic heterocycles. The Morgan fingerprint density at radius 3 is 2.18 bits per heavy atom. The molecule has 0 bridgehead atoms. The van der Waals surface area contributed by atoms with Crippen LogP contribution in [0.15, 0.2) is 77.7 Å². The van der Waals surface area contributed by atoms with Gasteiger partial charge in [0.15, 0.2) is 0 Å². The van der Waals surface area contributed by atoms with E-state index in [4.69, 9.17) is 9.47 Å². The minimum Gasteiger partial charge on any atom is -0.495 e. The first-order valence-corrected chi connectivity index (χ1v) is 11.3. The highest BCUT2D eigenvalue weighted by molar-refractivity contribution is 7.92. The monoisotopic (exact) mass is 469 g/mol. The number of rotatable bonds is 9. The number of hydrogen-bond donors (Lipinski definition) is 3. The van der Waals surface area contributed by atoms with Crippen LogP contribution in [0.25, 0.3) is 0 Å². The van der Waals surface area contributed by atoms with Gasteiger partial charge in [-0.3, -0.25) is 14.3 Å². The second-order valence-corrected chi connectivity index (χ2v) is 8.53. The van der Waals surface area contributed by atoms with Crippen LogP contribution in [0.5, 0.6) is 5.75 Å². The summed E-state index contributed by atoms with van der Waals surface area (Å²) in [6, 6.07) is 18.8. The van der Waals surface area contributed by atoms with E-state index in [1.165, 1.54) is 38.5 Å². The Bertz CT molecular complexity index is 1240. The normalized spacial score (nSPS) is 10.8. The molecule has 3 aromatic carbocycles. The highest BCUT2D eigenvalue weighted by Gasteiger charge is 2.17. The van der Waals surface area contributed by atoms with Gasteiger partial charge in [0, 0.05) is 24.0 Å². The fourth-order valence-electron chi connectivity index (χ4n) is 2.92. The number of amides is 2. The van der Waals surface area contributed by atoms with Crippen molar-refractivity contribution in [1.82, 2.24) is 0 Å². The lowest BCUT2D eigenvalue weighted by molar-refractivity contribution is -0.119. The first kappa shape index (κ1) is 23.8. The number of carbonyl (C=O) groups excluding carboxylic acids is 2. The number of methoxy groups -OCH3 is 2. The Morgan fingerprint density at radius 1 is 0.848 bits per heavy atom. The van der Waals surface area contributed by atoms with Crippen LogP contribution in [0.1, 0.15) is 10.4 Å². The van der Waals surface area contributed by atoms with E-state index in [2.05, 4.69) is 15.4 Å². The molecule has 10 heteroatoms. The SMILES string of the molecule is COCC(=O)Nc1cccc(NC(=O)c2ccc(S(=O)(=O)Nc3ccccc3OC)cc2)c1. The number of nitrogens with one attached hydrogen (secondary N) is 3. The number of sulfonamides is 1. The second-order valence-electron chi connectivity index (χ2n) is 6.85. The molecule has 0 spiro atoms. The van der Waals surface area contributed by atoms with Gasteiger partial charge in [-0.15, -0.1) is 0 Å². The van der Waals surface area contributed by atoms with E-state index in [1.807, 2.05) is 0 Å². The van der Waals surface area contributed by atoms with Gasteiger partial charge >= 0.3 is 0 Å². The summed E-state index contributed by atoms with van der Waals surface area (Å²) in [6.07, 6.45) is 0. The summed E-state index contributed by atoms with van der Waals surface area (Å²) in [7, 11) is -1.02. The molecule has 3 rings (SSSR count). The number of para-hydroxylation sites is 2. The van der Waals surface area contributed by atoms with Crippen molar-refractivity contribution in [3.8, 4) is 5.75 Å². The number of carbonyl (C=O) groups is 2. The minimum absolute atomic E-state index is 0.00666. The maximum Gasteiger partial charge on any atom is 0.262 e. The molecule has 0 saturated carbocycles. The molecule has 0 aliphatic rings. The number of hydrogen-bond acceptors (Lipinski definition) is 6. The largest absolute Gasteiger partial charge is 0.495 e. The fourth-order valence-corrected chi connectivity index (χ4v) is 3.99.